The van der Waals surface area contributed by atoms with Crippen LogP contribution in [0.15, 0.2) is 60.7 Å². The number of nitrogens with one attached hydrogen (secondary N) is 2. The van der Waals surface area contributed by atoms with Crippen LogP contribution in [0.2, 0.25) is 0 Å². The van der Waals surface area contributed by atoms with Crippen molar-refractivity contribution in [1.29, 1.82) is 0 Å². The summed E-state index contributed by atoms with van der Waals surface area (Å²) < 4.78 is 69.2. The first-order valence-corrected chi connectivity index (χ1v) is 24.5. The van der Waals surface area contributed by atoms with Crippen molar-refractivity contribution in [3.05, 3.63) is 71.8 Å². The molecule has 2 saturated carbocycles. The topological polar surface area (TPSA) is 228 Å². The maximum absolute atomic E-state index is 12.5. The third-order valence-electron chi connectivity index (χ3n) is 11.9. The number of carbonyl (C=O) groups excluding carboxylic acids is 3. The van der Waals surface area contributed by atoms with E-state index in [-0.39, 0.29) is 95.1 Å². The maximum atomic E-state index is 12.5. The molecule has 0 radical (unpaired) electrons. The van der Waals surface area contributed by atoms with E-state index in [1.807, 2.05) is 12.1 Å². The molecule has 0 spiro atoms. The van der Waals surface area contributed by atoms with Crippen LogP contribution in [0.4, 0.5) is 0 Å². The number of sulfonamides is 2. The summed E-state index contributed by atoms with van der Waals surface area (Å²) in [5.41, 5.74) is 2.73. The van der Waals surface area contributed by atoms with Crippen LogP contribution in [0.25, 0.3) is 0 Å². The number of likely N-dealkylation sites (tertiary alicyclic amines) is 2. The van der Waals surface area contributed by atoms with Crippen molar-refractivity contribution in [2.75, 3.05) is 52.0 Å². The van der Waals surface area contributed by atoms with E-state index in [4.69, 9.17) is 14.2 Å². The molecule has 2 aromatic carbocycles. The van der Waals surface area contributed by atoms with Gasteiger partial charge in [0, 0.05) is 32.1 Å². The van der Waals surface area contributed by atoms with Crippen molar-refractivity contribution in [2.45, 2.75) is 134 Å². The Labute approximate surface area is 388 Å². The van der Waals surface area contributed by atoms with Gasteiger partial charge in [-0.1, -0.05) is 75.5 Å². The van der Waals surface area contributed by atoms with Crippen LogP contribution in [-0.2, 0) is 48.6 Å². The standard InChI is InChI=1S/C22H32N2O6S.C20H30N2O5S.2CH4.Li.H2O/c1-16(25)29-15-22(26)24-13-12-20(23-31(2,27)28)21(24)14-30-19-10-8-18(9-11-19)17-6-4-3-5-7-17;1-28(25,26)21-18-11-12-22(20(24)13-23)19(18)14-27-17-9-7-16(8-10-17)15-5-3-2-4-6-15;;;;/h3-7,18-21,23H,8-15H2,1-2H3;2-6,16-19,21,23H,7-14H2,1H3;2*1H4;;1H2/q;;;;+1;/p-1/t18?,19?,20-,21?;16?,17?,18-,19?;;;;/m00..../s1. The Bertz CT molecular complexity index is 1880. The summed E-state index contributed by atoms with van der Waals surface area (Å²) in [4.78, 5) is 38.7. The SMILES string of the molecule is C.C.CC(=O)OCC(=O)N1CC[C@H](NS(C)(=O)=O)C1COC1CCC(c2ccccc2)CC1.CS(=O)(=O)N[C@H]1CCN(C(=O)CO)C1COC1CCC(c2ccccc2)CC1.[Li+].[OH-]. The van der Waals surface area contributed by atoms with Crippen LogP contribution in [0.1, 0.15) is 109 Å². The van der Waals surface area contributed by atoms with E-state index in [1.165, 1.54) is 18.1 Å². The number of carbonyl (C=O) groups is 3. The Hall–Kier alpha value is -2.89. The van der Waals surface area contributed by atoms with Gasteiger partial charge in [-0.3, -0.25) is 14.4 Å². The molecule has 2 aliphatic carbocycles. The summed E-state index contributed by atoms with van der Waals surface area (Å²) in [5.74, 6) is -0.163. The van der Waals surface area contributed by atoms with E-state index in [9.17, 15) is 36.3 Å². The average Bonchev–Trinajstić information content (AvgIpc) is 3.80. The van der Waals surface area contributed by atoms with Gasteiger partial charge in [-0.05, 0) is 87.2 Å². The predicted octanol–water partition coefficient (Wildman–Crippen LogP) is 1.15. The van der Waals surface area contributed by atoms with Gasteiger partial charge in [-0.25, -0.2) is 26.3 Å². The normalized spacial score (nSPS) is 25.7. The number of amides is 2. The Morgan fingerprint density at radius 2 is 1.00 bits per heavy atom. The summed E-state index contributed by atoms with van der Waals surface area (Å²) in [6.07, 6.45) is 11.4. The Balaban J connectivity index is 0.000000595. The van der Waals surface area contributed by atoms with Gasteiger partial charge >= 0.3 is 24.8 Å². The zero-order chi connectivity index (χ0) is 42.6. The van der Waals surface area contributed by atoms with Gasteiger partial charge in [0.05, 0.1) is 50.0 Å². The summed E-state index contributed by atoms with van der Waals surface area (Å²) >= 11 is 0. The second-order valence-electron chi connectivity index (χ2n) is 16.3. The summed E-state index contributed by atoms with van der Waals surface area (Å²) in [6.45, 7) is 1.66. The van der Waals surface area contributed by atoms with Gasteiger partial charge in [0.2, 0.25) is 26.0 Å². The number of benzene rings is 2. The van der Waals surface area contributed by atoms with Crippen molar-refractivity contribution < 1.29 is 74.9 Å². The number of hydrogen-bond acceptors (Lipinski definition) is 12. The second kappa shape index (κ2) is 27.6. The Morgan fingerprint density at radius 3 is 1.33 bits per heavy atom. The van der Waals surface area contributed by atoms with Gasteiger partial charge < -0.3 is 34.6 Å². The molecule has 63 heavy (non-hydrogen) atoms. The molecule has 352 valence electrons. The van der Waals surface area contributed by atoms with E-state index in [1.54, 1.807) is 9.80 Å². The molecule has 2 heterocycles. The molecule has 2 aliphatic heterocycles. The summed E-state index contributed by atoms with van der Waals surface area (Å²) in [6, 6.07) is 19.4. The van der Waals surface area contributed by atoms with Crippen LogP contribution in [-0.4, -0.2) is 143 Å². The van der Waals surface area contributed by atoms with Crippen molar-refractivity contribution in [3.8, 4) is 0 Å². The van der Waals surface area contributed by atoms with Gasteiger partial charge in [0.1, 0.15) is 6.61 Å². The summed E-state index contributed by atoms with van der Waals surface area (Å²) in [5, 5.41) is 9.22. The Morgan fingerprint density at radius 1 is 0.635 bits per heavy atom. The van der Waals surface area contributed by atoms with Crippen molar-refractivity contribution in [3.63, 3.8) is 0 Å². The molecular formula is C44H71LiN4O12S2. The smallest absolute Gasteiger partial charge is 0.870 e. The molecule has 16 nitrogen and oxygen atoms in total. The molecule has 19 heteroatoms. The fourth-order valence-corrected chi connectivity index (χ4v) is 10.6. The fourth-order valence-electron chi connectivity index (χ4n) is 8.95. The first kappa shape index (κ1) is 58.1. The van der Waals surface area contributed by atoms with Crippen LogP contribution in [0, 0.1) is 0 Å². The third kappa shape index (κ3) is 18.5. The number of esters is 1. The van der Waals surface area contributed by atoms with Crippen LogP contribution >= 0.6 is 0 Å². The van der Waals surface area contributed by atoms with Crippen LogP contribution in [0.5, 0.6) is 0 Å². The molecular weight excluding hydrogens is 848 g/mol. The van der Waals surface area contributed by atoms with Crippen LogP contribution < -0.4 is 28.3 Å². The number of ether oxygens (including phenoxy) is 3. The maximum Gasteiger partial charge on any atom is 1.00 e. The van der Waals surface area contributed by atoms with Crippen molar-refractivity contribution >= 4 is 37.8 Å². The quantitative estimate of drug-likeness (QED) is 0.169. The molecule has 0 aromatic heterocycles. The van der Waals surface area contributed by atoms with Crippen LogP contribution in [0.3, 0.4) is 0 Å². The predicted molar refractivity (Wildman–Crippen MR) is 238 cm³/mol. The molecule has 2 amide bonds. The van der Waals surface area contributed by atoms with E-state index in [0.29, 0.717) is 37.8 Å². The average molecular weight is 919 g/mol. The molecule has 2 unspecified atom stereocenters. The number of rotatable bonds is 15. The zero-order valence-corrected chi connectivity index (χ0v) is 37.5. The number of aliphatic hydroxyl groups excluding tert-OH is 1. The molecule has 4 atom stereocenters. The third-order valence-corrected chi connectivity index (χ3v) is 13.4. The molecule has 2 aromatic rings. The van der Waals surface area contributed by atoms with E-state index >= 15 is 0 Å². The molecule has 4 N–H and O–H groups in total. The summed E-state index contributed by atoms with van der Waals surface area (Å²) in [7, 11) is -6.81. The minimum atomic E-state index is -3.43. The minimum Gasteiger partial charge on any atom is -0.870 e. The number of hydrogen-bond donors (Lipinski definition) is 3. The fraction of sp³-hybridized carbons (Fsp3) is 0.659. The zero-order valence-electron chi connectivity index (χ0n) is 35.9. The first-order chi connectivity index (χ1) is 28.1. The first-order valence-electron chi connectivity index (χ1n) is 20.7. The molecule has 6 rings (SSSR count). The molecule has 4 fully saturated rings. The van der Waals surface area contributed by atoms with E-state index in [2.05, 4.69) is 58.0 Å². The van der Waals surface area contributed by atoms with Gasteiger partial charge in [0.25, 0.3) is 5.91 Å². The largest absolute Gasteiger partial charge is 1.00 e. The minimum absolute atomic E-state index is 0. The van der Waals surface area contributed by atoms with Gasteiger partial charge in [-0.2, -0.15) is 0 Å². The second-order valence-corrected chi connectivity index (χ2v) is 19.8. The van der Waals surface area contributed by atoms with E-state index in [0.717, 1.165) is 63.9 Å². The van der Waals surface area contributed by atoms with Gasteiger partial charge in [0.15, 0.2) is 6.61 Å². The monoisotopic (exact) mass is 918 g/mol. The van der Waals surface area contributed by atoms with Crippen molar-refractivity contribution in [2.24, 2.45) is 0 Å². The van der Waals surface area contributed by atoms with Gasteiger partial charge in [-0.15, -0.1) is 0 Å². The molecule has 2 saturated heterocycles. The number of nitrogens with zero attached hydrogens (tertiary/aromatic N) is 2. The van der Waals surface area contributed by atoms with E-state index < -0.39 is 44.7 Å². The molecule has 4 aliphatic rings. The van der Waals surface area contributed by atoms with Crippen molar-refractivity contribution in [1.82, 2.24) is 19.2 Å². The Kier molecular flexibility index (Phi) is 25.4. The molecule has 0 bridgehead atoms. The number of aliphatic hydroxyl groups is 1.